The molecule has 1 fully saturated rings. The Bertz CT molecular complexity index is 1300. The number of amides is 2. The van der Waals surface area contributed by atoms with E-state index in [0.29, 0.717) is 0 Å². The predicted octanol–water partition coefficient (Wildman–Crippen LogP) is 2.75. The summed E-state index contributed by atoms with van der Waals surface area (Å²) in [4.78, 5) is 29.1. The highest BCUT2D eigenvalue weighted by molar-refractivity contribution is 6.13. The topological polar surface area (TPSA) is 78.9 Å². The molecule has 29 heavy (non-hydrogen) atoms. The van der Waals surface area contributed by atoms with Crippen LogP contribution in [0.3, 0.4) is 0 Å². The molecular formula is C23H20N4O2. The largest absolute Gasteiger partial charge is 0.361 e. The molecule has 4 heterocycles. The third-order valence-corrected chi connectivity index (χ3v) is 6.32. The first-order valence-electron chi connectivity index (χ1n) is 9.94. The number of aromatic amines is 1. The van der Waals surface area contributed by atoms with E-state index in [9.17, 15) is 9.59 Å². The minimum Gasteiger partial charge on any atom is -0.361 e. The van der Waals surface area contributed by atoms with Crippen molar-refractivity contribution >= 4 is 33.6 Å². The molecule has 0 spiro atoms. The van der Waals surface area contributed by atoms with E-state index in [1.54, 1.807) is 0 Å². The van der Waals surface area contributed by atoms with Crippen LogP contribution >= 0.6 is 0 Å². The number of fused-ring (bicyclic) bond motifs is 1. The van der Waals surface area contributed by atoms with E-state index in [2.05, 4.69) is 38.5 Å². The first-order valence-corrected chi connectivity index (χ1v) is 9.94. The van der Waals surface area contributed by atoms with Crippen LogP contribution in [0.1, 0.15) is 28.5 Å². The van der Waals surface area contributed by atoms with Gasteiger partial charge in [0, 0.05) is 48.3 Å². The van der Waals surface area contributed by atoms with Gasteiger partial charge in [0.25, 0.3) is 0 Å². The molecule has 6 heteroatoms. The van der Waals surface area contributed by atoms with Crippen LogP contribution in [0.15, 0.2) is 54.9 Å². The van der Waals surface area contributed by atoms with Gasteiger partial charge in [-0.1, -0.05) is 30.3 Å². The van der Waals surface area contributed by atoms with Crippen LogP contribution in [-0.2, 0) is 22.7 Å². The fourth-order valence-corrected chi connectivity index (χ4v) is 5.02. The van der Waals surface area contributed by atoms with Crippen LogP contribution in [-0.4, -0.2) is 27.9 Å². The number of benzene rings is 2. The van der Waals surface area contributed by atoms with Crippen molar-refractivity contribution in [2.45, 2.75) is 24.9 Å². The van der Waals surface area contributed by atoms with Crippen molar-refractivity contribution in [2.24, 2.45) is 0 Å². The van der Waals surface area contributed by atoms with Gasteiger partial charge in [0.1, 0.15) is 0 Å². The summed E-state index contributed by atoms with van der Waals surface area (Å²) in [5, 5.41) is 8.07. The number of para-hydroxylation sites is 1. The Labute approximate surface area is 166 Å². The van der Waals surface area contributed by atoms with Crippen molar-refractivity contribution in [3.63, 3.8) is 0 Å². The lowest BCUT2D eigenvalue weighted by atomic mass is 9.81. The van der Waals surface area contributed by atoms with E-state index in [1.165, 1.54) is 5.56 Å². The molecule has 2 aliphatic rings. The number of H-pyrrole nitrogens is 1. The van der Waals surface area contributed by atoms with Crippen molar-refractivity contribution in [3.05, 3.63) is 71.5 Å². The molecule has 2 aliphatic heterocycles. The molecule has 4 aromatic rings. The molecule has 144 valence electrons. The summed E-state index contributed by atoms with van der Waals surface area (Å²) >= 11 is 0. The summed E-state index contributed by atoms with van der Waals surface area (Å²) < 4.78 is 2.24. The van der Waals surface area contributed by atoms with Gasteiger partial charge in [-0.2, -0.15) is 0 Å². The van der Waals surface area contributed by atoms with E-state index < -0.39 is 11.8 Å². The van der Waals surface area contributed by atoms with Gasteiger partial charge in [-0.3, -0.25) is 14.9 Å². The van der Waals surface area contributed by atoms with Crippen LogP contribution in [0.2, 0.25) is 0 Å². The number of nitrogens with one attached hydrogen (secondary N) is 3. The summed E-state index contributed by atoms with van der Waals surface area (Å²) in [6.45, 7) is 2.61. The molecule has 2 amide bonds. The van der Waals surface area contributed by atoms with E-state index in [-0.39, 0.29) is 11.8 Å². The van der Waals surface area contributed by atoms with Crippen LogP contribution in [0.4, 0.5) is 0 Å². The van der Waals surface area contributed by atoms with Gasteiger partial charge in [-0.05, 0) is 28.8 Å². The van der Waals surface area contributed by atoms with E-state index in [1.807, 2.05) is 36.5 Å². The summed E-state index contributed by atoms with van der Waals surface area (Å²) in [5.74, 6) is -1.53. The molecule has 2 aromatic carbocycles. The molecule has 2 aromatic heterocycles. The number of nitrogens with zero attached hydrogens (tertiary/aromatic N) is 1. The maximum atomic E-state index is 13.0. The number of aromatic nitrogens is 2. The zero-order valence-electron chi connectivity index (χ0n) is 15.7. The molecule has 1 saturated heterocycles. The second-order valence-electron chi connectivity index (χ2n) is 7.86. The van der Waals surface area contributed by atoms with E-state index >= 15 is 0 Å². The fourth-order valence-electron chi connectivity index (χ4n) is 5.02. The highest BCUT2D eigenvalue weighted by Gasteiger charge is 2.45. The Kier molecular flexibility index (Phi) is 3.46. The molecule has 0 bridgehead atoms. The maximum Gasteiger partial charge on any atom is 0.235 e. The minimum absolute atomic E-state index is 0.222. The Morgan fingerprint density at radius 1 is 0.897 bits per heavy atom. The number of hydrogen-bond donors (Lipinski definition) is 3. The zero-order valence-corrected chi connectivity index (χ0v) is 15.7. The van der Waals surface area contributed by atoms with Crippen LogP contribution in [0, 0.1) is 0 Å². The monoisotopic (exact) mass is 384 g/mol. The molecular weight excluding hydrogens is 364 g/mol. The number of hydrogen-bond acceptors (Lipinski definition) is 3. The number of rotatable bonds is 2. The maximum absolute atomic E-state index is 13.0. The van der Waals surface area contributed by atoms with Crippen LogP contribution in [0.25, 0.3) is 21.8 Å². The third-order valence-electron chi connectivity index (χ3n) is 6.32. The van der Waals surface area contributed by atoms with E-state index in [0.717, 1.165) is 52.6 Å². The second kappa shape index (κ2) is 6.06. The van der Waals surface area contributed by atoms with E-state index in [4.69, 9.17) is 0 Å². The van der Waals surface area contributed by atoms with Crippen molar-refractivity contribution in [1.82, 2.24) is 20.2 Å². The minimum atomic E-state index is -0.542. The molecule has 0 radical (unpaired) electrons. The Hall–Kier alpha value is -3.38. The van der Waals surface area contributed by atoms with Crippen LogP contribution < -0.4 is 10.6 Å². The number of imide groups is 1. The SMILES string of the molecule is O=C1NC(=O)[C@@H](c2ccc3c4c2ccn4CCNC3)[C@@H]1c1c[nH]c2ccccc12. The number of carbonyl (C=O) groups is 2. The second-order valence-corrected chi connectivity index (χ2v) is 7.86. The average Bonchev–Trinajstić information content (AvgIpc) is 3.36. The lowest BCUT2D eigenvalue weighted by Crippen LogP contribution is -2.21. The van der Waals surface area contributed by atoms with Gasteiger partial charge < -0.3 is 14.9 Å². The fraction of sp³-hybridized carbons (Fsp3) is 0.217. The van der Waals surface area contributed by atoms with Gasteiger partial charge in [-0.25, -0.2) is 0 Å². The zero-order chi connectivity index (χ0) is 19.5. The quantitative estimate of drug-likeness (QED) is 0.465. The van der Waals surface area contributed by atoms with Gasteiger partial charge >= 0.3 is 0 Å². The van der Waals surface area contributed by atoms with Crippen molar-refractivity contribution in [1.29, 1.82) is 0 Å². The van der Waals surface area contributed by atoms with Crippen molar-refractivity contribution < 1.29 is 9.59 Å². The smallest absolute Gasteiger partial charge is 0.235 e. The summed E-state index contributed by atoms with van der Waals surface area (Å²) in [5.41, 5.74) is 5.15. The number of carbonyl (C=O) groups excluding carboxylic acids is 2. The summed E-state index contributed by atoms with van der Waals surface area (Å²) in [7, 11) is 0. The molecule has 0 unspecified atom stereocenters. The standard InChI is InChI=1S/C23H20N4O2/c28-22-19(15-6-5-13-11-24-8-10-27-9-7-16(15)21(13)27)20(23(29)26-22)17-12-25-18-4-2-1-3-14(17)18/h1-7,9,12,19-20,24-25H,8,10-11H2,(H,26,28,29)/t19-,20-/m0/s1. The predicted molar refractivity (Wildman–Crippen MR) is 111 cm³/mol. The average molecular weight is 384 g/mol. The molecule has 6 nitrogen and oxygen atoms in total. The van der Waals surface area contributed by atoms with Crippen molar-refractivity contribution in [2.75, 3.05) is 6.54 Å². The Morgan fingerprint density at radius 2 is 1.72 bits per heavy atom. The molecule has 0 aliphatic carbocycles. The van der Waals surface area contributed by atoms with Gasteiger partial charge in [0.15, 0.2) is 0 Å². The molecule has 0 saturated carbocycles. The first-order chi connectivity index (χ1) is 14.2. The third kappa shape index (κ3) is 2.32. The highest BCUT2D eigenvalue weighted by atomic mass is 16.2. The van der Waals surface area contributed by atoms with Gasteiger partial charge in [-0.15, -0.1) is 0 Å². The summed E-state index contributed by atoms with van der Waals surface area (Å²) in [6.07, 6.45) is 3.95. The van der Waals surface area contributed by atoms with Gasteiger partial charge in [0.05, 0.1) is 17.4 Å². The Balaban J connectivity index is 1.56. The van der Waals surface area contributed by atoms with Crippen molar-refractivity contribution in [3.8, 4) is 0 Å². The lowest BCUT2D eigenvalue weighted by molar-refractivity contribution is -0.125. The normalized spacial score (nSPS) is 21.7. The Morgan fingerprint density at radius 3 is 2.62 bits per heavy atom. The molecule has 2 atom stereocenters. The van der Waals surface area contributed by atoms with Crippen LogP contribution in [0.5, 0.6) is 0 Å². The van der Waals surface area contributed by atoms with Gasteiger partial charge in [0.2, 0.25) is 11.8 Å². The molecule has 3 N–H and O–H groups in total. The lowest BCUT2D eigenvalue weighted by Gasteiger charge is -2.18. The summed E-state index contributed by atoms with van der Waals surface area (Å²) in [6, 6.07) is 14.1. The molecule has 6 rings (SSSR count). The highest BCUT2D eigenvalue weighted by Crippen LogP contribution is 2.43. The first kappa shape index (κ1) is 16.6.